The first-order valence-corrected chi connectivity index (χ1v) is 5.84. The maximum atomic E-state index is 11.0. The molecule has 0 bridgehead atoms. The van der Waals surface area contributed by atoms with Gasteiger partial charge in [0.25, 0.3) is 0 Å². The molecule has 0 radical (unpaired) electrons. The van der Waals surface area contributed by atoms with E-state index in [9.17, 15) is 4.79 Å². The minimum atomic E-state index is -0.758. The van der Waals surface area contributed by atoms with E-state index in [-0.39, 0.29) is 12.0 Å². The molecule has 5 heteroatoms. The molecule has 1 saturated heterocycles. The second-order valence-electron chi connectivity index (χ2n) is 4.31. The summed E-state index contributed by atoms with van der Waals surface area (Å²) < 4.78 is 10.6. The topological polar surface area (TPSA) is 67.8 Å². The standard InChI is InChI=1S/C13H17NO4/c1-17-11-5-3-4-9(12(11)18-2)10-6-8(7-14-10)13(15)16/h3-5,8,10,14H,6-7H2,1-2H3,(H,15,16). The third-order valence-electron chi connectivity index (χ3n) is 3.29. The third-order valence-corrected chi connectivity index (χ3v) is 3.29. The molecule has 2 atom stereocenters. The van der Waals surface area contributed by atoms with Crippen LogP contribution in [0.15, 0.2) is 18.2 Å². The van der Waals surface area contributed by atoms with Gasteiger partial charge in [-0.15, -0.1) is 0 Å². The molecular formula is C13H17NO4. The van der Waals surface area contributed by atoms with Crippen LogP contribution in [-0.2, 0) is 4.79 Å². The highest BCUT2D eigenvalue weighted by atomic mass is 16.5. The quantitative estimate of drug-likeness (QED) is 0.847. The summed E-state index contributed by atoms with van der Waals surface area (Å²) in [6, 6.07) is 5.64. The molecular weight excluding hydrogens is 234 g/mol. The van der Waals surface area contributed by atoms with Crippen LogP contribution in [0.1, 0.15) is 18.0 Å². The van der Waals surface area contributed by atoms with Crippen molar-refractivity contribution in [3.63, 3.8) is 0 Å². The molecule has 0 aliphatic carbocycles. The Balaban J connectivity index is 2.26. The van der Waals surface area contributed by atoms with Crippen LogP contribution < -0.4 is 14.8 Å². The van der Waals surface area contributed by atoms with Crippen molar-refractivity contribution in [2.75, 3.05) is 20.8 Å². The van der Waals surface area contributed by atoms with Crippen LogP contribution in [-0.4, -0.2) is 31.8 Å². The smallest absolute Gasteiger partial charge is 0.307 e. The lowest BCUT2D eigenvalue weighted by Crippen LogP contribution is -2.17. The van der Waals surface area contributed by atoms with E-state index in [1.165, 1.54) is 0 Å². The molecule has 1 heterocycles. The number of hydrogen-bond donors (Lipinski definition) is 2. The summed E-state index contributed by atoms with van der Waals surface area (Å²) in [6.45, 7) is 0.486. The number of para-hydroxylation sites is 1. The minimum Gasteiger partial charge on any atom is -0.493 e. The van der Waals surface area contributed by atoms with Gasteiger partial charge < -0.3 is 19.9 Å². The van der Waals surface area contributed by atoms with Crippen molar-refractivity contribution in [1.29, 1.82) is 0 Å². The fourth-order valence-electron chi connectivity index (χ4n) is 2.35. The van der Waals surface area contributed by atoms with E-state index in [1.807, 2.05) is 18.2 Å². The van der Waals surface area contributed by atoms with Crippen LogP contribution in [0.5, 0.6) is 11.5 Å². The molecule has 18 heavy (non-hydrogen) atoms. The third kappa shape index (κ3) is 2.26. The van der Waals surface area contributed by atoms with Gasteiger partial charge in [-0.1, -0.05) is 12.1 Å². The molecule has 5 nitrogen and oxygen atoms in total. The Hall–Kier alpha value is -1.75. The first-order valence-electron chi connectivity index (χ1n) is 5.84. The summed E-state index contributed by atoms with van der Waals surface area (Å²) >= 11 is 0. The highest BCUT2D eigenvalue weighted by Crippen LogP contribution is 2.38. The second kappa shape index (κ2) is 5.27. The maximum absolute atomic E-state index is 11.0. The van der Waals surface area contributed by atoms with E-state index < -0.39 is 5.97 Å². The summed E-state index contributed by atoms with van der Waals surface area (Å²) in [5.41, 5.74) is 0.945. The van der Waals surface area contributed by atoms with Gasteiger partial charge in [-0.25, -0.2) is 0 Å². The van der Waals surface area contributed by atoms with E-state index in [0.29, 0.717) is 24.5 Å². The number of hydrogen-bond acceptors (Lipinski definition) is 4. The zero-order chi connectivity index (χ0) is 13.1. The number of nitrogens with one attached hydrogen (secondary N) is 1. The molecule has 0 aromatic heterocycles. The SMILES string of the molecule is COc1cccc(C2CC(C(=O)O)CN2)c1OC. The molecule has 2 rings (SSSR count). The van der Waals surface area contributed by atoms with Crippen LogP contribution in [0.4, 0.5) is 0 Å². The predicted molar refractivity (Wildman–Crippen MR) is 66.0 cm³/mol. The minimum absolute atomic E-state index is 0.00356. The molecule has 1 aliphatic rings. The lowest BCUT2D eigenvalue weighted by atomic mass is 9.99. The molecule has 0 amide bonds. The van der Waals surface area contributed by atoms with Crippen LogP contribution >= 0.6 is 0 Å². The molecule has 98 valence electrons. The lowest BCUT2D eigenvalue weighted by molar-refractivity contribution is -0.141. The number of carboxylic acids is 1. The van der Waals surface area contributed by atoms with Crippen molar-refractivity contribution >= 4 is 5.97 Å². The summed E-state index contributed by atoms with van der Waals surface area (Å²) in [6.07, 6.45) is 0.568. The van der Waals surface area contributed by atoms with Crippen LogP contribution in [0, 0.1) is 5.92 Å². The van der Waals surface area contributed by atoms with E-state index in [2.05, 4.69) is 5.32 Å². The normalized spacial score (nSPS) is 22.8. The Kier molecular flexibility index (Phi) is 3.72. The van der Waals surface area contributed by atoms with Crippen molar-refractivity contribution < 1.29 is 19.4 Å². The molecule has 0 spiro atoms. The van der Waals surface area contributed by atoms with Gasteiger partial charge in [0.15, 0.2) is 11.5 Å². The fraction of sp³-hybridized carbons (Fsp3) is 0.462. The number of aliphatic carboxylic acids is 1. The maximum Gasteiger partial charge on any atom is 0.307 e. The largest absolute Gasteiger partial charge is 0.493 e. The Labute approximate surface area is 106 Å². The van der Waals surface area contributed by atoms with Crippen molar-refractivity contribution in [1.82, 2.24) is 5.32 Å². The second-order valence-corrected chi connectivity index (χ2v) is 4.31. The highest BCUT2D eigenvalue weighted by Gasteiger charge is 2.32. The van der Waals surface area contributed by atoms with Gasteiger partial charge in [-0.05, 0) is 12.5 Å². The fourth-order valence-corrected chi connectivity index (χ4v) is 2.35. The number of rotatable bonds is 4. The molecule has 1 fully saturated rings. The first-order chi connectivity index (χ1) is 8.67. The zero-order valence-electron chi connectivity index (χ0n) is 10.5. The highest BCUT2D eigenvalue weighted by molar-refractivity contribution is 5.71. The van der Waals surface area contributed by atoms with Crippen molar-refractivity contribution in [3.8, 4) is 11.5 Å². The molecule has 2 N–H and O–H groups in total. The Bertz CT molecular complexity index is 447. The van der Waals surface area contributed by atoms with Gasteiger partial charge in [0.2, 0.25) is 0 Å². The van der Waals surface area contributed by atoms with E-state index in [0.717, 1.165) is 5.56 Å². The van der Waals surface area contributed by atoms with Gasteiger partial charge in [-0.3, -0.25) is 4.79 Å². The summed E-state index contributed by atoms with van der Waals surface area (Å²) in [5, 5.41) is 12.2. The van der Waals surface area contributed by atoms with Crippen LogP contribution in [0.25, 0.3) is 0 Å². The van der Waals surface area contributed by atoms with Crippen molar-refractivity contribution in [2.45, 2.75) is 12.5 Å². The van der Waals surface area contributed by atoms with Gasteiger partial charge in [0.05, 0.1) is 20.1 Å². The molecule has 0 saturated carbocycles. The Morgan fingerprint density at radius 1 is 1.39 bits per heavy atom. The Morgan fingerprint density at radius 3 is 2.72 bits per heavy atom. The van der Waals surface area contributed by atoms with E-state index in [1.54, 1.807) is 14.2 Å². The van der Waals surface area contributed by atoms with E-state index >= 15 is 0 Å². The van der Waals surface area contributed by atoms with Gasteiger partial charge >= 0.3 is 5.97 Å². The summed E-state index contributed by atoms with van der Waals surface area (Å²) in [7, 11) is 3.18. The Morgan fingerprint density at radius 2 is 2.17 bits per heavy atom. The van der Waals surface area contributed by atoms with Crippen LogP contribution in [0.3, 0.4) is 0 Å². The molecule has 2 unspecified atom stereocenters. The van der Waals surface area contributed by atoms with Crippen LogP contribution in [0.2, 0.25) is 0 Å². The monoisotopic (exact) mass is 251 g/mol. The van der Waals surface area contributed by atoms with Gasteiger partial charge in [-0.2, -0.15) is 0 Å². The average Bonchev–Trinajstić information content (AvgIpc) is 2.87. The molecule has 1 aliphatic heterocycles. The number of carboxylic acid groups (broad SMARTS) is 1. The first kappa shape index (κ1) is 12.7. The van der Waals surface area contributed by atoms with Gasteiger partial charge in [0, 0.05) is 18.2 Å². The predicted octanol–water partition coefficient (Wildman–Crippen LogP) is 1.44. The number of methoxy groups -OCH3 is 2. The summed E-state index contributed by atoms with van der Waals surface area (Å²) in [4.78, 5) is 11.0. The number of ether oxygens (including phenoxy) is 2. The average molecular weight is 251 g/mol. The molecule has 1 aromatic rings. The zero-order valence-corrected chi connectivity index (χ0v) is 10.5. The molecule has 1 aromatic carbocycles. The summed E-state index contributed by atoms with van der Waals surface area (Å²) in [5.74, 6) is 0.233. The van der Waals surface area contributed by atoms with Crippen molar-refractivity contribution in [2.24, 2.45) is 5.92 Å². The number of benzene rings is 1. The van der Waals surface area contributed by atoms with E-state index in [4.69, 9.17) is 14.6 Å². The van der Waals surface area contributed by atoms with Gasteiger partial charge in [0.1, 0.15) is 0 Å². The lowest BCUT2D eigenvalue weighted by Gasteiger charge is -2.17. The van der Waals surface area contributed by atoms with Crippen molar-refractivity contribution in [3.05, 3.63) is 23.8 Å². The number of carbonyl (C=O) groups is 1.